The standard InChI is InChI=1S/C22H20F3N7O/c1-12(2)32-20-17(19(26)27-11-28-20)18(31-32)13-6-8-15(9-7-13)29-21(33)30-16-5-3-4-14(10-16)22(23,24)25/h3-12H,1-2H3,(H2,26,27,28)(H2,29,30,33). The van der Waals surface area contributed by atoms with Crippen molar-refractivity contribution >= 4 is 34.3 Å². The van der Waals surface area contributed by atoms with Crippen molar-refractivity contribution in [2.24, 2.45) is 0 Å². The number of hydrogen-bond acceptors (Lipinski definition) is 5. The number of fused-ring (bicyclic) bond motifs is 1. The molecule has 2 aromatic carbocycles. The number of aromatic nitrogens is 4. The minimum atomic E-state index is -4.49. The Kier molecular flexibility index (Phi) is 5.62. The van der Waals surface area contributed by atoms with Crippen molar-refractivity contribution in [3.63, 3.8) is 0 Å². The second kappa shape index (κ2) is 8.41. The summed E-state index contributed by atoms with van der Waals surface area (Å²) >= 11 is 0. The van der Waals surface area contributed by atoms with Crippen LogP contribution in [0.5, 0.6) is 0 Å². The first-order valence-corrected chi connectivity index (χ1v) is 9.98. The highest BCUT2D eigenvalue weighted by atomic mass is 19.4. The maximum atomic E-state index is 12.8. The molecule has 4 rings (SSSR count). The van der Waals surface area contributed by atoms with Crippen molar-refractivity contribution in [2.45, 2.75) is 26.1 Å². The van der Waals surface area contributed by atoms with Gasteiger partial charge in [0.05, 0.1) is 10.9 Å². The number of nitrogens with two attached hydrogens (primary N) is 1. The minimum Gasteiger partial charge on any atom is -0.383 e. The van der Waals surface area contributed by atoms with Gasteiger partial charge in [-0.15, -0.1) is 0 Å². The number of benzene rings is 2. The zero-order chi connectivity index (χ0) is 23.8. The molecule has 0 aliphatic carbocycles. The van der Waals surface area contributed by atoms with Gasteiger partial charge < -0.3 is 16.4 Å². The zero-order valence-corrected chi connectivity index (χ0v) is 17.7. The van der Waals surface area contributed by atoms with Gasteiger partial charge in [0.2, 0.25) is 0 Å². The lowest BCUT2D eigenvalue weighted by Crippen LogP contribution is -2.19. The molecule has 0 unspecified atom stereocenters. The fourth-order valence-corrected chi connectivity index (χ4v) is 3.34. The molecule has 0 fully saturated rings. The summed E-state index contributed by atoms with van der Waals surface area (Å²) in [7, 11) is 0. The van der Waals surface area contributed by atoms with Gasteiger partial charge in [-0.3, -0.25) is 0 Å². The number of urea groups is 1. The predicted octanol–water partition coefficient (Wildman–Crippen LogP) is 5.32. The molecule has 0 bridgehead atoms. The molecular formula is C22H20F3N7O. The van der Waals surface area contributed by atoms with E-state index in [1.807, 2.05) is 13.8 Å². The van der Waals surface area contributed by atoms with E-state index in [9.17, 15) is 18.0 Å². The third kappa shape index (κ3) is 4.56. The highest BCUT2D eigenvalue weighted by Gasteiger charge is 2.30. The maximum Gasteiger partial charge on any atom is 0.416 e. The van der Waals surface area contributed by atoms with Crippen LogP contribution in [0.2, 0.25) is 0 Å². The Balaban J connectivity index is 1.54. The lowest BCUT2D eigenvalue weighted by atomic mass is 10.1. The van der Waals surface area contributed by atoms with E-state index in [0.717, 1.165) is 17.7 Å². The van der Waals surface area contributed by atoms with Crippen LogP contribution in [0, 0.1) is 0 Å². The average Bonchev–Trinajstić information content (AvgIpc) is 3.15. The first kappa shape index (κ1) is 22.1. The van der Waals surface area contributed by atoms with E-state index in [-0.39, 0.29) is 11.7 Å². The summed E-state index contributed by atoms with van der Waals surface area (Å²) in [5.41, 5.74) is 7.67. The van der Waals surface area contributed by atoms with Gasteiger partial charge in [-0.05, 0) is 44.2 Å². The molecule has 0 aliphatic rings. The normalized spacial score (nSPS) is 11.7. The van der Waals surface area contributed by atoms with Crippen LogP contribution in [0.4, 0.5) is 35.2 Å². The van der Waals surface area contributed by atoms with Crippen LogP contribution in [-0.2, 0) is 6.18 Å². The molecule has 2 amide bonds. The number of anilines is 3. The number of nitrogens with zero attached hydrogens (tertiary/aromatic N) is 4. The summed E-state index contributed by atoms with van der Waals surface area (Å²) < 4.78 is 40.3. The molecule has 4 N–H and O–H groups in total. The highest BCUT2D eigenvalue weighted by molar-refractivity contribution is 6.01. The number of carbonyl (C=O) groups is 1. The number of nitrogen functional groups attached to an aromatic ring is 1. The van der Waals surface area contributed by atoms with Crippen LogP contribution in [0.1, 0.15) is 25.5 Å². The molecule has 0 spiro atoms. The molecule has 0 aliphatic heterocycles. The van der Waals surface area contributed by atoms with E-state index < -0.39 is 17.8 Å². The van der Waals surface area contributed by atoms with Crippen LogP contribution in [0.25, 0.3) is 22.3 Å². The van der Waals surface area contributed by atoms with Crippen molar-refractivity contribution < 1.29 is 18.0 Å². The van der Waals surface area contributed by atoms with Crippen molar-refractivity contribution in [3.8, 4) is 11.3 Å². The van der Waals surface area contributed by atoms with Crippen LogP contribution in [0.3, 0.4) is 0 Å². The van der Waals surface area contributed by atoms with Gasteiger partial charge in [-0.2, -0.15) is 18.3 Å². The third-order valence-electron chi connectivity index (χ3n) is 4.87. The zero-order valence-electron chi connectivity index (χ0n) is 17.7. The van der Waals surface area contributed by atoms with E-state index >= 15 is 0 Å². The van der Waals surface area contributed by atoms with Gasteiger partial charge in [0.15, 0.2) is 5.65 Å². The van der Waals surface area contributed by atoms with Crippen LogP contribution < -0.4 is 16.4 Å². The van der Waals surface area contributed by atoms with Crippen molar-refractivity contribution in [1.82, 2.24) is 19.7 Å². The van der Waals surface area contributed by atoms with E-state index in [4.69, 9.17) is 5.73 Å². The van der Waals surface area contributed by atoms with Crippen molar-refractivity contribution in [3.05, 3.63) is 60.4 Å². The fourth-order valence-electron chi connectivity index (χ4n) is 3.34. The van der Waals surface area contributed by atoms with E-state index in [1.54, 1.807) is 28.9 Å². The molecular weight excluding hydrogens is 435 g/mol. The smallest absolute Gasteiger partial charge is 0.383 e. The summed E-state index contributed by atoms with van der Waals surface area (Å²) in [6.07, 6.45) is -3.11. The largest absolute Gasteiger partial charge is 0.416 e. The Morgan fingerprint density at radius 2 is 1.73 bits per heavy atom. The van der Waals surface area contributed by atoms with Gasteiger partial charge in [-0.25, -0.2) is 19.4 Å². The van der Waals surface area contributed by atoms with Gasteiger partial charge in [-0.1, -0.05) is 18.2 Å². The summed E-state index contributed by atoms with van der Waals surface area (Å²) in [6.45, 7) is 3.95. The van der Waals surface area contributed by atoms with Crippen LogP contribution >= 0.6 is 0 Å². The molecule has 11 heteroatoms. The summed E-state index contributed by atoms with van der Waals surface area (Å²) in [5.74, 6) is 0.310. The number of nitrogens with one attached hydrogen (secondary N) is 2. The summed E-state index contributed by atoms with van der Waals surface area (Å²) in [4.78, 5) is 20.6. The molecule has 4 aromatic rings. The molecule has 0 radical (unpaired) electrons. The van der Waals surface area contributed by atoms with E-state index in [0.29, 0.717) is 28.2 Å². The Morgan fingerprint density at radius 3 is 2.39 bits per heavy atom. The van der Waals surface area contributed by atoms with Crippen LogP contribution in [-0.4, -0.2) is 25.8 Å². The Bertz CT molecular complexity index is 1310. The van der Waals surface area contributed by atoms with Gasteiger partial charge in [0, 0.05) is 23.0 Å². The average molecular weight is 455 g/mol. The fraction of sp³-hybridized carbons (Fsp3) is 0.182. The van der Waals surface area contributed by atoms with Gasteiger partial charge in [0.1, 0.15) is 17.8 Å². The van der Waals surface area contributed by atoms with Gasteiger partial charge >= 0.3 is 12.2 Å². The number of alkyl halides is 3. The quantitative estimate of drug-likeness (QED) is 0.386. The molecule has 2 heterocycles. The molecule has 0 atom stereocenters. The Morgan fingerprint density at radius 1 is 1.03 bits per heavy atom. The monoisotopic (exact) mass is 455 g/mol. The number of amides is 2. The lowest BCUT2D eigenvalue weighted by molar-refractivity contribution is -0.137. The number of carbonyl (C=O) groups excluding carboxylic acids is 1. The van der Waals surface area contributed by atoms with Crippen LogP contribution in [0.15, 0.2) is 54.9 Å². The van der Waals surface area contributed by atoms with Crippen molar-refractivity contribution in [2.75, 3.05) is 16.4 Å². The third-order valence-corrected chi connectivity index (χ3v) is 4.87. The SMILES string of the molecule is CC(C)n1nc(-c2ccc(NC(=O)Nc3cccc(C(F)(F)F)c3)cc2)c2c(N)ncnc21. The number of halogens is 3. The van der Waals surface area contributed by atoms with Gasteiger partial charge in [0.25, 0.3) is 0 Å². The molecule has 0 saturated carbocycles. The highest BCUT2D eigenvalue weighted by Crippen LogP contribution is 2.32. The van der Waals surface area contributed by atoms with E-state index in [1.165, 1.54) is 18.5 Å². The molecule has 2 aromatic heterocycles. The molecule has 8 nitrogen and oxygen atoms in total. The Labute approximate surface area is 186 Å². The molecule has 33 heavy (non-hydrogen) atoms. The first-order valence-electron chi connectivity index (χ1n) is 9.98. The number of hydrogen-bond donors (Lipinski definition) is 3. The van der Waals surface area contributed by atoms with Crippen molar-refractivity contribution in [1.29, 1.82) is 0 Å². The molecule has 170 valence electrons. The van der Waals surface area contributed by atoms with E-state index in [2.05, 4.69) is 25.7 Å². The summed E-state index contributed by atoms with van der Waals surface area (Å²) in [6, 6.07) is 10.6. The maximum absolute atomic E-state index is 12.8. The number of rotatable bonds is 4. The minimum absolute atomic E-state index is 0.0279. The second-order valence-electron chi connectivity index (χ2n) is 7.58. The summed E-state index contributed by atoms with van der Waals surface area (Å²) in [5, 5.41) is 10.3. The molecule has 0 saturated heterocycles. The topological polar surface area (TPSA) is 111 Å². The lowest BCUT2D eigenvalue weighted by Gasteiger charge is -2.11. The second-order valence-corrected chi connectivity index (χ2v) is 7.58. The first-order chi connectivity index (χ1) is 15.6. The Hall–Kier alpha value is -4.15. The predicted molar refractivity (Wildman–Crippen MR) is 120 cm³/mol.